The maximum absolute atomic E-state index is 10.7. The zero-order valence-electron chi connectivity index (χ0n) is 8.67. The first-order valence-electron chi connectivity index (χ1n) is 4.64. The van der Waals surface area contributed by atoms with Crippen LogP contribution in [0.1, 0.15) is 16.3 Å². The number of rotatable bonds is 4. The number of nitrogens with zero attached hydrogens (tertiary/aromatic N) is 4. The Kier molecular flexibility index (Phi) is 2.51. The number of fused-ring (bicyclic) bond motifs is 1. The Bertz CT molecular complexity index is 471. The van der Waals surface area contributed by atoms with Gasteiger partial charge in [-0.2, -0.15) is 0 Å². The number of carbonyl (C=O) groups excluding carboxylic acids is 1. The second kappa shape index (κ2) is 3.82. The van der Waals surface area contributed by atoms with Gasteiger partial charge in [-0.3, -0.25) is 4.79 Å². The van der Waals surface area contributed by atoms with Gasteiger partial charge in [-0.1, -0.05) is 5.16 Å². The summed E-state index contributed by atoms with van der Waals surface area (Å²) in [6.45, 7) is 0.845. The van der Waals surface area contributed by atoms with Gasteiger partial charge in [0.2, 0.25) is 0 Å². The lowest BCUT2D eigenvalue weighted by atomic mass is 10.4. The molecule has 2 rings (SSSR count). The molecule has 0 unspecified atom stereocenters. The number of aromatic nitrogens is 3. The molecular formula is C9H12N4O2. The van der Waals surface area contributed by atoms with Crippen LogP contribution in [0.4, 0.5) is 0 Å². The second-order valence-electron chi connectivity index (χ2n) is 3.57. The minimum Gasteiger partial charge on any atom is -0.315 e. The van der Waals surface area contributed by atoms with Crippen LogP contribution in [0, 0.1) is 0 Å². The Labute approximate surface area is 86.5 Å². The van der Waals surface area contributed by atoms with E-state index in [1.165, 1.54) is 6.20 Å². The number of hydrogen-bond acceptors (Lipinski definition) is 5. The van der Waals surface area contributed by atoms with E-state index in [-0.39, 0.29) is 0 Å². The van der Waals surface area contributed by atoms with E-state index in [1.54, 1.807) is 4.40 Å². The lowest BCUT2D eigenvalue weighted by Crippen LogP contribution is -2.16. The van der Waals surface area contributed by atoms with Crippen molar-refractivity contribution in [3.05, 3.63) is 17.7 Å². The van der Waals surface area contributed by atoms with Gasteiger partial charge in [0, 0.05) is 13.0 Å². The predicted molar refractivity (Wildman–Crippen MR) is 52.9 cm³/mol. The van der Waals surface area contributed by atoms with Crippen molar-refractivity contribution in [3.8, 4) is 0 Å². The van der Waals surface area contributed by atoms with Gasteiger partial charge < -0.3 is 9.42 Å². The average molecular weight is 208 g/mol. The van der Waals surface area contributed by atoms with Crippen LogP contribution in [0.5, 0.6) is 0 Å². The number of aldehydes is 1. The highest BCUT2D eigenvalue weighted by molar-refractivity contribution is 5.73. The molecule has 0 aromatic carbocycles. The molecule has 0 fully saturated rings. The van der Waals surface area contributed by atoms with E-state index in [4.69, 9.17) is 4.52 Å². The van der Waals surface area contributed by atoms with Crippen molar-refractivity contribution in [2.24, 2.45) is 0 Å². The molecule has 2 aromatic heterocycles. The Morgan fingerprint density at radius 3 is 3.07 bits per heavy atom. The van der Waals surface area contributed by atoms with Crippen molar-refractivity contribution in [3.63, 3.8) is 0 Å². The highest BCUT2D eigenvalue weighted by Crippen LogP contribution is 2.08. The SMILES string of the molecule is CN(C)CCc1noc2ncc(C=O)n12. The first-order valence-corrected chi connectivity index (χ1v) is 4.64. The second-order valence-corrected chi connectivity index (χ2v) is 3.57. The van der Waals surface area contributed by atoms with Gasteiger partial charge in [0.25, 0.3) is 0 Å². The van der Waals surface area contributed by atoms with Gasteiger partial charge >= 0.3 is 5.84 Å². The van der Waals surface area contributed by atoms with Crippen LogP contribution in [0.15, 0.2) is 10.7 Å². The van der Waals surface area contributed by atoms with E-state index in [0.717, 1.165) is 25.1 Å². The molecule has 6 nitrogen and oxygen atoms in total. The maximum atomic E-state index is 10.7. The fraction of sp³-hybridized carbons (Fsp3) is 0.444. The summed E-state index contributed by atoms with van der Waals surface area (Å²) in [4.78, 5) is 16.7. The first-order chi connectivity index (χ1) is 7.22. The minimum atomic E-state index is 0.367. The van der Waals surface area contributed by atoms with Crippen molar-refractivity contribution >= 4 is 12.1 Å². The average Bonchev–Trinajstić information content (AvgIpc) is 2.75. The summed E-state index contributed by atoms with van der Waals surface area (Å²) in [6, 6.07) is 0. The summed E-state index contributed by atoms with van der Waals surface area (Å²) in [5.41, 5.74) is 0.472. The Balaban J connectivity index is 2.33. The highest BCUT2D eigenvalue weighted by Gasteiger charge is 2.12. The molecular weight excluding hydrogens is 196 g/mol. The Morgan fingerprint density at radius 2 is 2.40 bits per heavy atom. The molecule has 0 aliphatic heterocycles. The molecule has 2 aromatic rings. The summed E-state index contributed by atoms with van der Waals surface area (Å²) < 4.78 is 6.62. The number of likely N-dealkylation sites (N-methyl/N-ethyl adjacent to an activating group) is 1. The smallest absolute Gasteiger partial charge is 0.315 e. The fourth-order valence-corrected chi connectivity index (χ4v) is 1.37. The largest absolute Gasteiger partial charge is 0.332 e. The standard InChI is InChI=1S/C9H12N4O2/c1-12(2)4-3-8-11-15-9-10-5-7(6-14)13(8)9/h5-6H,3-4H2,1-2H3. The third kappa shape index (κ3) is 1.75. The normalized spacial score (nSPS) is 11.4. The van der Waals surface area contributed by atoms with E-state index in [2.05, 4.69) is 10.1 Å². The van der Waals surface area contributed by atoms with Crippen molar-refractivity contribution in [2.45, 2.75) is 6.42 Å². The van der Waals surface area contributed by atoms with E-state index in [1.807, 2.05) is 19.0 Å². The molecule has 0 bridgehead atoms. The highest BCUT2D eigenvalue weighted by atomic mass is 16.5. The first kappa shape index (κ1) is 9.85. The van der Waals surface area contributed by atoms with E-state index >= 15 is 0 Å². The number of hydrogen-bond donors (Lipinski definition) is 0. The van der Waals surface area contributed by atoms with Crippen LogP contribution in [0.3, 0.4) is 0 Å². The Morgan fingerprint density at radius 1 is 1.60 bits per heavy atom. The molecule has 6 heteroatoms. The van der Waals surface area contributed by atoms with Gasteiger partial charge in [0.05, 0.1) is 6.20 Å². The van der Waals surface area contributed by atoms with Crippen molar-refractivity contribution in [1.82, 2.24) is 19.4 Å². The summed E-state index contributed by atoms with van der Waals surface area (Å²) in [7, 11) is 3.96. The lowest BCUT2D eigenvalue weighted by molar-refractivity contribution is 0.111. The quantitative estimate of drug-likeness (QED) is 0.673. The van der Waals surface area contributed by atoms with E-state index < -0.39 is 0 Å². The summed E-state index contributed by atoms with van der Waals surface area (Å²) in [5, 5.41) is 3.88. The molecule has 0 amide bonds. The third-order valence-corrected chi connectivity index (χ3v) is 2.15. The molecule has 0 radical (unpaired) electrons. The molecule has 0 aliphatic carbocycles. The van der Waals surface area contributed by atoms with Crippen LogP contribution in [0.25, 0.3) is 5.84 Å². The zero-order valence-corrected chi connectivity index (χ0v) is 8.67. The molecule has 0 saturated carbocycles. The molecule has 2 heterocycles. The van der Waals surface area contributed by atoms with Crippen LogP contribution < -0.4 is 0 Å². The van der Waals surface area contributed by atoms with Crippen LogP contribution in [-0.2, 0) is 6.42 Å². The maximum Gasteiger partial charge on any atom is 0.332 e. The minimum absolute atomic E-state index is 0.367. The van der Waals surface area contributed by atoms with Gasteiger partial charge in [-0.25, -0.2) is 9.38 Å². The predicted octanol–water partition coefficient (Wildman–Crippen LogP) is 0.239. The molecule has 0 atom stereocenters. The molecule has 80 valence electrons. The van der Waals surface area contributed by atoms with Crippen molar-refractivity contribution < 1.29 is 9.32 Å². The van der Waals surface area contributed by atoms with Crippen LogP contribution in [0.2, 0.25) is 0 Å². The van der Waals surface area contributed by atoms with Crippen molar-refractivity contribution in [2.75, 3.05) is 20.6 Å². The van der Waals surface area contributed by atoms with Crippen molar-refractivity contribution in [1.29, 1.82) is 0 Å². The summed E-state index contributed by atoms with van der Waals surface area (Å²) in [6.07, 6.45) is 2.94. The number of carbonyl (C=O) groups is 1. The monoisotopic (exact) mass is 208 g/mol. The molecule has 0 aliphatic rings. The van der Waals surface area contributed by atoms with Gasteiger partial charge in [-0.15, -0.1) is 0 Å². The zero-order chi connectivity index (χ0) is 10.8. The topological polar surface area (TPSA) is 63.6 Å². The fourth-order valence-electron chi connectivity index (χ4n) is 1.37. The molecule has 0 saturated heterocycles. The molecule has 0 N–H and O–H groups in total. The van der Waals surface area contributed by atoms with Crippen LogP contribution in [-0.4, -0.2) is 46.4 Å². The van der Waals surface area contributed by atoms with Crippen LogP contribution >= 0.6 is 0 Å². The van der Waals surface area contributed by atoms with E-state index in [9.17, 15) is 4.79 Å². The Hall–Kier alpha value is -1.69. The van der Waals surface area contributed by atoms with E-state index in [0.29, 0.717) is 11.5 Å². The van der Waals surface area contributed by atoms with Gasteiger partial charge in [0.15, 0.2) is 12.1 Å². The third-order valence-electron chi connectivity index (χ3n) is 2.15. The summed E-state index contributed by atoms with van der Waals surface area (Å²) in [5.74, 6) is 1.09. The molecule has 15 heavy (non-hydrogen) atoms. The van der Waals surface area contributed by atoms with Gasteiger partial charge in [0.1, 0.15) is 5.69 Å². The lowest BCUT2D eigenvalue weighted by Gasteiger charge is -2.06. The number of imidazole rings is 1. The molecule has 0 spiro atoms. The summed E-state index contributed by atoms with van der Waals surface area (Å²) >= 11 is 0. The van der Waals surface area contributed by atoms with Gasteiger partial charge in [-0.05, 0) is 14.1 Å².